The Balaban J connectivity index is 1.61. The van der Waals surface area contributed by atoms with Crippen LogP contribution < -0.4 is 5.32 Å². The second-order valence-corrected chi connectivity index (χ2v) is 6.27. The lowest BCUT2D eigenvalue weighted by molar-refractivity contribution is -0.129. The molecule has 21 heavy (non-hydrogen) atoms. The fraction of sp³-hybridized carbons (Fsp3) is 0.529. The van der Waals surface area contributed by atoms with Crippen molar-refractivity contribution >= 4 is 11.8 Å². The molecule has 1 saturated heterocycles. The summed E-state index contributed by atoms with van der Waals surface area (Å²) in [5, 5.41) is 3.06. The van der Waals surface area contributed by atoms with Crippen molar-refractivity contribution in [3.05, 3.63) is 35.4 Å². The molecule has 1 aliphatic carbocycles. The van der Waals surface area contributed by atoms with Crippen molar-refractivity contribution in [2.24, 2.45) is 5.92 Å². The van der Waals surface area contributed by atoms with Crippen LogP contribution in [0.5, 0.6) is 0 Å². The average Bonchev–Trinajstić information content (AvgIpc) is 3.22. The van der Waals surface area contributed by atoms with Crippen molar-refractivity contribution in [2.45, 2.75) is 45.2 Å². The first-order valence-electron chi connectivity index (χ1n) is 7.71. The lowest BCUT2D eigenvalue weighted by Crippen LogP contribution is -2.35. The van der Waals surface area contributed by atoms with Crippen LogP contribution in [0, 0.1) is 12.8 Å². The van der Waals surface area contributed by atoms with E-state index in [0.29, 0.717) is 19.0 Å². The number of nitrogens with one attached hydrogen (secondary N) is 1. The van der Waals surface area contributed by atoms with Gasteiger partial charge in [-0.25, -0.2) is 0 Å². The van der Waals surface area contributed by atoms with Crippen LogP contribution in [-0.2, 0) is 9.59 Å². The molecule has 0 radical (unpaired) electrons. The standard InChI is InChI=1S/C17H22N2O2/c1-11-5-3-4-6-15(11)12(2)18-17(21)13-9-16(20)19(10-13)14-7-8-14/h3-6,12-14H,7-10H2,1-2H3,(H,18,21)/t12-,13-/m0/s1. The number of carbonyl (C=O) groups is 2. The molecule has 4 nitrogen and oxygen atoms in total. The largest absolute Gasteiger partial charge is 0.349 e. The molecule has 1 saturated carbocycles. The van der Waals surface area contributed by atoms with Gasteiger partial charge < -0.3 is 10.2 Å². The highest BCUT2D eigenvalue weighted by Gasteiger charge is 2.41. The lowest BCUT2D eigenvalue weighted by atomic mass is 10.0. The van der Waals surface area contributed by atoms with E-state index < -0.39 is 0 Å². The predicted octanol–water partition coefficient (Wildman–Crippen LogP) is 2.18. The molecule has 2 atom stereocenters. The van der Waals surface area contributed by atoms with E-state index in [1.807, 2.05) is 43.0 Å². The van der Waals surface area contributed by atoms with Crippen molar-refractivity contribution < 1.29 is 9.59 Å². The van der Waals surface area contributed by atoms with Gasteiger partial charge in [0.25, 0.3) is 0 Å². The van der Waals surface area contributed by atoms with E-state index in [4.69, 9.17) is 0 Å². The van der Waals surface area contributed by atoms with Gasteiger partial charge in [0.1, 0.15) is 0 Å². The number of nitrogens with zero attached hydrogens (tertiary/aromatic N) is 1. The Morgan fingerprint density at radius 3 is 2.71 bits per heavy atom. The third-order valence-corrected chi connectivity index (χ3v) is 4.53. The molecule has 4 heteroatoms. The van der Waals surface area contributed by atoms with E-state index in [-0.39, 0.29) is 23.8 Å². The van der Waals surface area contributed by atoms with Crippen LogP contribution in [-0.4, -0.2) is 29.3 Å². The maximum absolute atomic E-state index is 12.4. The molecule has 1 N–H and O–H groups in total. The Hall–Kier alpha value is -1.84. The first kappa shape index (κ1) is 14.1. The molecule has 0 bridgehead atoms. The minimum atomic E-state index is -0.190. The summed E-state index contributed by atoms with van der Waals surface area (Å²) in [5.74, 6) is -0.0481. The Labute approximate surface area is 125 Å². The number of hydrogen-bond acceptors (Lipinski definition) is 2. The van der Waals surface area contributed by atoms with Crippen molar-refractivity contribution in [2.75, 3.05) is 6.54 Å². The number of hydrogen-bond donors (Lipinski definition) is 1. The van der Waals surface area contributed by atoms with Gasteiger partial charge in [-0.2, -0.15) is 0 Å². The molecule has 0 spiro atoms. The second-order valence-electron chi connectivity index (χ2n) is 6.27. The van der Waals surface area contributed by atoms with Gasteiger partial charge in [0.05, 0.1) is 12.0 Å². The molecule has 1 heterocycles. The highest BCUT2D eigenvalue weighted by Crippen LogP contribution is 2.32. The number of amides is 2. The second kappa shape index (κ2) is 5.51. The highest BCUT2D eigenvalue weighted by molar-refractivity contribution is 5.89. The molecule has 2 fully saturated rings. The molecule has 2 amide bonds. The van der Waals surface area contributed by atoms with E-state index in [1.54, 1.807) is 0 Å². The van der Waals surface area contributed by atoms with E-state index in [1.165, 1.54) is 5.56 Å². The Morgan fingerprint density at radius 2 is 2.05 bits per heavy atom. The zero-order valence-corrected chi connectivity index (χ0v) is 12.6. The van der Waals surface area contributed by atoms with Gasteiger partial charge in [0.15, 0.2) is 0 Å². The maximum atomic E-state index is 12.4. The lowest BCUT2D eigenvalue weighted by Gasteiger charge is -2.19. The summed E-state index contributed by atoms with van der Waals surface area (Å²) in [6, 6.07) is 8.45. The summed E-state index contributed by atoms with van der Waals surface area (Å²) < 4.78 is 0. The van der Waals surface area contributed by atoms with E-state index in [9.17, 15) is 9.59 Å². The minimum Gasteiger partial charge on any atom is -0.349 e. The molecule has 3 rings (SSSR count). The van der Waals surface area contributed by atoms with Gasteiger partial charge >= 0.3 is 0 Å². The zero-order valence-electron chi connectivity index (χ0n) is 12.6. The normalized spacial score (nSPS) is 23.2. The molecule has 0 unspecified atom stereocenters. The fourth-order valence-electron chi connectivity index (χ4n) is 3.13. The zero-order chi connectivity index (χ0) is 15.0. The van der Waals surface area contributed by atoms with Crippen molar-refractivity contribution in [1.29, 1.82) is 0 Å². The fourth-order valence-corrected chi connectivity index (χ4v) is 3.13. The molecule has 1 aliphatic heterocycles. The summed E-state index contributed by atoms with van der Waals surface area (Å²) in [7, 11) is 0. The molecule has 1 aromatic rings. The molecule has 1 aromatic carbocycles. The third-order valence-electron chi connectivity index (χ3n) is 4.53. The number of carbonyl (C=O) groups excluding carboxylic acids is 2. The monoisotopic (exact) mass is 286 g/mol. The molecular weight excluding hydrogens is 264 g/mol. The van der Waals surface area contributed by atoms with Gasteiger partial charge in [-0.15, -0.1) is 0 Å². The number of likely N-dealkylation sites (tertiary alicyclic amines) is 1. The van der Waals surface area contributed by atoms with Gasteiger partial charge in [0.2, 0.25) is 11.8 Å². The van der Waals surface area contributed by atoms with Crippen molar-refractivity contribution in [3.63, 3.8) is 0 Å². The summed E-state index contributed by atoms with van der Waals surface area (Å²) in [6.45, 7) is 4.64. The smallest absolute Gasteiger partial charge is 0.225 e. The van der Waals surface area contributed by atoms with Gasteiger partial charge in [-0.05, 0) is 37.8 Å². The third kappa shape index (κ3) is 2.94. The summed E-state index contributed by atoms with van der Waals surface area (Å²) in [6.07, 6.45) is 2.56. The number of rotatable bonds is 4. The maximum Gasteiger partial charge on any atom is 0.225 e. The van der Waals surface area contributed by atoms with E-state index >= 15 is 0 Å². The van der Waals surface area contributed by atoms with Crippen LogP contribution in [0.25, 0.3) is 0 Å². The number of aryl methyl sites for hydroxylation is 1. The summed E-state index contributed by atoms with van der Waals surface area (Å²) in [4.78, 5) is 26.2. The van der Waals surface area contributed by atoms with Gasteiger partial charge in [-0.3, -0.25) is 9.59 Å². The molecule has 0 aromatic heterocycles. The summed E-state index contributed by atoms with van der Waals surface area (Å²) >= 11 is 0. The van der Waals surface area contributed by atoms with Crippen molar-refractivity contribution in [3.8, 4) is 0 Å². The highest BCUT2D eigenvalue weighted by atomic mass is 16.2. The van der Waals surface area contributed by atoms with Gasteiger partial charge in [0, 0.05) is 19.0 Å². The average molecular weight is 286 g/mol. The van der Waals surface area contributed by atoms with Crippen LogP contribution in [0.3, 0.4) is 0 Å². The Kier molecular flexibility index (Phi) is 3.70. The minimum absolute atomic E-state index is 0.00209. The Morgan fingerprint density at radius 1 is 1.33 bits per heavy atom. The quantitative estimate of drug-likeness (QED) is 0.922. The first-order valence-corrected chi connectivity index (χ1v) is 7.71. The van der Waals surface area contributed by atoms with Crippen LogP contribution in [0.1, 0.15) is 43.4 Å². The first-order chi connectivity index (χ1) is 10.1. The van der Waals surface area contributed by atoms with Crippen molar-refractivity contribution in [1.82, 2.24) is 10.2 Å². The van der Waals surface area contributed by atoms with Gasteiger partial charge in [-0.1, -0.05) is 24.3 Å². The predicted molar refractivity (Wildman–Crippen MR) is 80.6 cm³/mol. The topological polar surface area (TPSA) is 49.4 Å². The van der Waals surface area contributed by atoms with Crippen LogP contribution in [0.4, 0.5) is 0 Å². The van der Waals surface area contributed by atoms with Crippen LogP contribution in [0.15, 0.2) is 24.3 Å². The number of benzene rings is 1. The molecule has 112 valence electrons. The van der Waals surface area contributed by atoms with E-state index in [0.717, 1.165) is 18.4 Å². The van der Waals surface area contributed by atoms with Crippen LogP contribution >= 0.6 is 0 Å². The summed E-state index contributed by atoms with van der Waals surface area (Å²) in [5.41, 5.74) is 2.31. The SMILES string of the molecule is Cc1ccccc1[C@H](C)NC(=O)[C@H]1CC(=O)N(C2CC2)C1. The molecular formula is C17H22N2O2. The van der Waals surface area contributed by atoms with E-state index in [2.05, 4.69) is 5.32 Å². The van der Waals surface area contributed by atoms with Crippen LogP contribution in [0.2, 0.25) is 0 Å². The molecule has 2 aliphatic rings. The Bertz CT molecular complexity index is 566.